The third-order valence-corrected chi connectivity index (χ3v) is 5.61. The van der Waals surface area contributed by atoms with Crippen molar-refractivity contribution in [3.63, 3.8) is 0 Å². The largest absolute Gasteiger partial charge is 0.411 e. The number of nitrogens with zero attached hydrogens (tertiary/aromatic N) is 2. The highest BCUT2D eigenvalue weighted by molar-refractivity contribution is 6.05. The first-order chi connectivity index (χ1) is 13.0. The molecule has 4 heteroatoms. The Balaban J connectivity index is 2.15. The predicted molar refractivity (Wildman–Crippen MR) is 112 cm³/mol. The number of hydrogen-bond donors (Lipinski definition) is 1. The van der Waals surface area contributed by atoms with Crippen LogP contribution in [-0.2, 0) is 10.2 Å². The first-order valence-electron chi connectivity index (χ1n) is 9.65. The number of fused-ring (bicyclic) bond motifs is 1. The van der Waals surface area contributed by atoms with Crippen LogP contribution in [0.15, 0.2) is 47.6 Å². The summed E-state index contributed by atoms with van der Waals surface area (Å²) in [5, 5.41) is 13.0. The van der Waals surface area contributed by atoms with Crippen LogP contribution in [0.2, 0.25) is 0 Å². The fourth-order valence-electron chi connectivity index (χ4n) is 3.90. The lowest BCUT2D eigenvalue weighted by molar-refractivity contribution is 0.195. The van der Waals surface area contributed by atoms with Gasteiger partial charge in [-0.25, -0.2) is 0 Å². The second-order valence-corrected chi connectivity index (χ2v) is 7.93. The van der Waals surface area contributed by atoms with Gasteiger partial charge in [-0.3, -0.25) is 0 Å². The summed E-state index contributed by atoms with van der Waals surface area (Å²) in [6, 6.07) is 14.9. The Labute approximate surface area is 162 Å². The molecule has 27 heavy (non-hydrogen) atoms. The summed E-state index contributed by atoms with van der Waals surface area (Å²) >= 11 is 0. The van der Waals surface area contributed by atoms with Crippen molar-refractivity contribution in [1.29, 1.82) is 0 Å². The second-order valence-electron chi connectivity index (χ2n) is 7.93. The molecule has 2 aromatic carbocycles. The van der Waals surface area contributed by atoms with Gasteiger partial charge in [-0.2, -0.15) is 0 Å². The van der Waals surface area contributed by atoms with Crippen molar-refractivity contribution in [3.05, 3.63) is 53.6 Å². The van der Waals surface area contributed by atoms with Crippen LogP contribution in [0.5, 0.6) is 0 Å². The van der Waals surface area contributed by atoms with Crippen LogP contribution in [0.1, 0.15) is 44.7 Å². The van der Waals surface area contributed by atoms with E-state index in [1.165, 1.54) is 11.3 Å². The smallest absolute Gasteiger partial charge is 0.0843 e. The first-order valence-corrected chi connectivity index (χ1v) is 9.65. The monoisotopic (exact) mass is 366 g/mol. The summed E-state index contributed by atoms with van der Waals surface area (Å²) in [4.78, 5) is 2.45. The molecule has 0 amide bonds. The summed E-state index contributed by atoms with van der Waals surface area (Å²) in [6.45, 7) is 9.26. The molecule has 0 fully saturated rings. The van der Waals surface area contributed by atoms with E-state index in [4.69, 9.17) is 4.74 Å². The number of ether oxygens (including phenoxy) is 1. The maximum absolute atomic E-state index is 9.46. The van der Waals surface area contributed by atoms with E-state index >= 15 is 0 Å². The van der Waals surface area contributed by atoms with Crippen molar-refractivity contribution in [2.45, 2.75) is 39.0 Å². The molecule has 0 aromatic heterocycles. The van der Waals surface area contributed by atoms with Gasteiger partial charge in [0, 0.05) is 38.1 Å². The fraction of sp³-hybridized carbons (Fsp3) is 0.435. The minimum Gasteiger partial charge on any atom is -0.411 e. The van der Waals surface area contributed by atoms with E-state index in [0.717, 1.165) is 49.2 Å². The van der Waals surface area contributed by atoms with Gasteiger partial charge in [0.1, 0.15) is 0 Å². The van der Waals surface area contributed by atoms with Gasteiger partial charge >= 0.3 is 0 Å². The molecule has 1 heterocycles. The number of methoxy groups -OCH3 is 1. The zero-order valence-electron chi connectivity index (χ0n) is 16.8. The van der Waals surface area contributed by atoms with Crippen LogP contribution in [0.3, 0.4) is 0 Å². The maximum Gasteiger partial charge on any atom is 0.0843 e. The molecule has 0 radical (unpaired) electrons. The van der Waals surface area contributed by atoms with E-state index in [1.54, 1.807) is 7.11 Å². The third-order valence-electron chi connectivity index (χ3n) is 5.61. The number of rotatable bonds is 6. The predicted octanol–water partition coefficient (Wildman–Crippen LogP) is 5.08. The molecular weight excluding hydrogens is 336 g/mol. The molecule has 0 unspecified atom stereocenters. The van der Waals surface area contributed by atoms with E-state index in [0.29, 0.717) is 5.71 Å². The first kappa shape index (κ1) is 19.4. The van der Waals surface area contributed by atoms with Crippen molar-refractivity contribution in [2.24, 2.45) is 5.16 Å². The molecule has 4 nitrogen and oxygen atoms in total. The summed E-state index contributed by atoms with van der Waals surface area (Å²) in [5.41, 5.74) is 6.61. The molecule has 1 N–H and O–H groups in total. The molecule has 1 aliphatic heterocycles. The Morgan fingerprint density at radius 2 is 1.96 bits per heavy atom. The van der Waals surface area contributed by atoms with Crippen LogP contribution >= 0.6 is 0 Å². The minimum atomic E-state index is 0.111. The van der Waals surface area contributed by atoms with Crippen LogP contribution in [0.25, 0.3) is 11.1 Å². The Bertz CT molecular complexity index is 813. The van der Waals surface area contributed by atoms with E-state index < -0.39 is 0 Å². The normalized spacial score (nSPS) is 16.3. The zero-order chi connectivity index (χ0) is 19.4. The Morgan fingerprint density at radius 1 is 1.22 bits per heavy atom. The molecule has 0 saturated heterocycles. The molecule has 0 atom stereocenters. The highest BCUT2D eigenvalue weighted by Crippen LogP contribution is 2.43. The minimum absolute atomic E-state index is 0.111. The van der Waals surface area contributed by atoms with E-state index in [-0.39, 0.29) is 5.41 Å². The van der Waals surface area contributed by atoms with E-state index in [1.807, 2.05) is 25.1 Å². The van der Waals surface area contributed by atoms with Crippen LogP contribution < -0.4 is 4.90 Å². The lowest BCUT2D eigenvalue weighted by atomic mass is 9.75. The molecule has 0 aliphatic carbocycles. The van der Waals surface area contributed by atoms with Gasteiger partial charge in [-0.05, 0) is 54.0 Å². The number of benzene rings is 2. The molecule has 3 rings (SSSR count). The number of oxime groups is 1. The molecule has 1 aliphatic rings. The molecule has 0 bridgehead atoms. The quantitative estimate of drug-likeness (QED) is 0.336. The summed E-state index contributed by atoms with van der Waals surface area (Å²) in [5.74, 6) is 0. The highest BCUT2D eigenvalue weighted by atomic mass is 16.5. The van der Waals surface area contributed by atoms with E-state index in [9.17, 15) is 5.21 Å². The van der Waals surface area contributed by atoms with Crippen LogP contribution in [0, 0.1) is 0 Å². The topological polar surface area (TPSA) is 45.1 Å². The van der Waals surface area contributed by atoms with E-state index in [2.05, 4.69) is 48.2 Å². The van der Waals surface area contributed by atoms with Crippen molar-refractivity contribution < 1.29 is 9.94 Å². The maximum atomic E-state index is 9.46. The average molecular weight is 367 g/mol. The van der Waals surface area contributed by atoms with Crippen molar-refractivity contribution in [2.75, 3.05) is 31.7 Å². The highest BCUT2D eigenvalue weighted by Gasteiger charge is 2.32. The SMILES string of the molecule is COCCCN1CCC(C)(C)c2cc(-c3ccccc3)c(/C(C)=N/O)cc21. The van der Waals surface area contributed by atoms with Crippen molar-refractivity contribution >= 4 is 11.4 Å². The zero-order valence-corrected chi connectivity index (χ0v) is 16.8. The summed E-state index contributed by atoms with van der Waals surface area (Å²) in [7, 11) is 1.75. The standard InChI is InChI=1S/C23H30N2O2/c1-17(24-26)19-16-22-21(15-20(19)18-9-6-5-7-10-18)23(2,3)11-13-25(22)12-8-14-27-4/h5-7,9-10,15-16,26H,8,11-14H2,1-4H3/b24-17+. The van der Waals surface area contributed by atoms with Crippen molar-refractivity contribution in [3.8, 4) is 11.1 Å². The van der Waals surface area contributed by atoms with Gasteiger partial charge in [-0.15, -0.1) is 0 Å². The van der Waals surface area contributed by atoms with Gasteiger partial charge < -0.3 is 14.8 Å². The Kier molecular flexibility index (Phi) is 5.85. The summed E-state index contributed by atoms with van der Waals surface area (Å²) in [6.07, 6.45) is 2.12. The molecular formula is C23H30N2O2. The van der Waals surface area contributed by atoms with Gasteiger partial charge in [0.2, 0.25) is 0 Å². The fourth-order valence-corrected chi connectivity index (χ4v) is 3.90. The second kappa shape index (κ2) is 8.13. The number of hydrogen-bond acceptors (Lipinski definition) is 4. The molecule has 2 aromatic rings. The Hall–Kier alpha value is -2.33. The lowest BCUT2D eigenvalue weighted by Gasteiger charge is -2.41. The lowest BCUT2D eigenvalue weighted by Crippen LogP contribution is -2.38. The van der Waals surface area contributed by atoms with Gasteiger partial charge in [0.25, 0.3) is 0 Å². The molecule has 144 valence electrons. The third kappa shape index (κ3) is 4.01. The van der Waals surface area contributed by atoms with Crippen molar-refractivity contribution in [1.82, 2.24) is 0 Å². The van der Waals surface area contributed by atoms with Crippen LogP contribution in [0.4, 0.5) is 5.69 Å². The van der Waals surface area contributed by atoms with Gasteiger partial charge in [0.05, 0.1) is 5.71 Å². The Morgan fingerprint density at radius 3 is 2.63 bits per heavy atom. The molecule has 0 spiro atoms. The number of anilines is 1. The van der Waals surface area contributed by atoms with Gasteiger partial charge in [-0.1, -0.05) is 49.3 Å². The average Bonchev–Trinajstić information content (AvgIpc) is 2.69. The molecule has 0 saturated carbocycles. The van der Waals surface area contributed by atoms with Crippen LogP contribution in [-0.4, -0.2) is 37.7 Å². The van der Waals surface area contributed by atoms with Gasteiger partial charge in [0.15, 0.2) is 0 Å². The summed E-state index contributed by atoms with van der Waals surface area (Å²) < 4.78 is 5.24.